The van der Waals surface area contributed by atoms with Crippen molar-refractivity contribution in [1.29, 1.82) is 0 Å². The second-order valence-corrected chi connectivity index (χ2v) is 12.3. The molecule has 9 amide bonds. The maximum absolute atomic E-state index is 13.7. The Labute approximate surface area is 304 Å². The third-order valence-corrected chi connectivity index (χ3v) is 7.84. The third kappa shape index (κ3) is 16.7. The first kappa shape index (κ1) is 43.1. The number of amides is 9. The summed E-state index contributed by atoms with van der Waals surface area (Å²) >= 11 is 0. The van der Waals surface area contributed by atoms with Crippen LogP contribution in [0.15, 0.2) is 30.3 Å². The normalized spacial score (nSPS) is 23.0. The van der Waals surface area contributed by atoms with E-state index in [9.17, 15) is 53.1 Å². The average molecular weight is 746 g/mol. The van der Waals surface area contributed by atoms with E-state index in [4.69, 9.17) is 5.73 Å². The Hall–Kier alpha value is -6.08. The third-order valence-electron chi connectivity index (χ3n) is 7.84. The fraction of sp³-hybridized carbons (Fsp3) is 0.515. The number of carbonyl (C=O) groups excluding carboxylic acids is 9. The summed E-state index contributed by atoms with van der Waals surface area (Å²) in [6.07, 6.45) is -1.38. The van der Waals surface area contributed by atoms with E-state index in [1.807, 2.05) is 0 Å². The number of benzene rings is 1. The van der Waals surface area contributed by atoms with Crippen molar-refractivity contribution in [3.05, 3.63) is 35.9 Å². The maximum atomic E-state index is 13.7. The van der Waals surface area contributed by atoms with Crippen LogP contribution in [0.4, 0.5) is 0 Å². The minimum atomic E-state index is -1.48. The van der Waals surface area contributed by atoms with Gasteiger partial charge >= 0.3 is 5.97 Å². The largest absolute Gasteiger partial charge is 0.480 e. The quantitative estimate of drug-likeness (QED) is 0.116. The van der Waals surface area contributed by atoms with E-state index < -0.39 is 102 Å². The van der Waals surface area contributed by atoms with E-state index >= 15 is 0 Å². The Morgan fingerprint density at radius 3 is 2.15 bits per heavy atom. The molecule has 20 nitrogen and oxygen atoms in total. The summed E-state index contributed by atoms with van der Waals surface area (Å²) < 4.78 is 0. The number of hydrogen-bond donors (Lipinski definition) is 10. The number of carboxylic acids is 1. The lowest BCUT2D eigenvalue weighted by molar-refractivity contribution is -0.142. The fourth-order valence-corrected chi connectivity index (χ4v) is 4.98. The molecule has 290 valence electrons. The Balaban J connectivity index is 2.44. The molecule has 1 aliphatic heterocycles. The van der Waals surface area contributed by atoms with E-state index in [-0.39, 0.29) is 51.5 Å². The maximum Gasteiger partial charge on any atom is 0.326 e. The first-order chi connectivity index (χ1) is 25.0. The molecule has 0 radical (unpaired) electrons. The molecule has 1 aromatic rings. The van der Waals surface area contributed by atoms with E-state index in [0.717, 1.165) is 0 Å². The average Bonchev–Trinajstić information content (AvgIpc) is 3.10. The Morgan fingerprint density at radius 2 is 1.51 bits per heavy atom. The van der Waals surface area contributed by atoms with Crippen LogP contribution in [0.5, 0.6) is 0 Å². The number of carbonyl (C=O) groups is 10. The first-order valence-corrected chi connectivity index (χ1v) is 16.9. The van der Waals surface area contributed by atoms with Gasteiger partial charge in [0.15, 0.2) is 0 Å². The minimum Gasteiger partial charge on any atom is -0.480 e. The van der Waals surface area contributed by atoms with Crippen LogP contribution >= 0.6 is 0 Å². The highest BCUT2D eigenvalue weighted by molar-refractivity contribution is 5.96. The van der Waals surface area contributed by atoms with E-state index in [2.05, 4.69) is 42.5 Å². The molecule has 0 bridgehead atoms. The summed E-state index contributed by atoms with van der Waals surface area (Å²) in [5.74, 6) is -8.38. The molecule has 53 heavy (non-hydrogen) atoms. The lowest BCUT2D eigenvalue weighted by atomic mass is 10.0. The van der Waals surface area contributed by atoms with Crippen LogP contribution in [0.25, 0.3) is 0 Å². The molecule has 5 atom stereocenters. The van der Waals surface area contributed by atoms with Crippen molar-refractivity contribution < 1.29 is 53.1 Å². The van der Waals surface area contributed by atoms with Crippen molar-refractivity contribution in [2.75, 3.05) is 19.6 Å². The zero-order valence-electron chi connectivity index (χ0n) is 29.5. The monoisotopic (exact) mass is 745 g/mol. The van der Waals surface area contributed by atoms with Crippen molar-refractivity contribution >= 4 is 59.1 Å². The van der Waals surface area contributed by atoms with Gasteiger partial charge in [-0.2, -0.15) is 0 Å². The summed E-state index contributed by atoms with van der Waals surface area (Å²) in [5.41, 5.74) is 5.91. The van der Waals surface area contributed by atoms with Gasteiger partial charge in [0.25, 0.3) is 0 Å². The van der Waals surface area contributed by atoms with Gasteiger partial charge in [0.05, 0.1) is 13.1 Å². The molecule has 0 saturated carbocycles. The molecule has 0 spiro atoms. The lowest BCUT2D eigenvalue weighted by Crippen LogP contribution is -2.58. The van der Waals surface area contributed by atoms with Gasteiger partial charge < -0.3 is 53.4 Å². The van der Waals surface area contributed by atoms with Gasteiger partial charge in [0.1, 0.15) is 30.2 Å². The molecule has 0 aliphatic carbocycles. The summed E-state index contributed by atoms with van der Waals surface area (Å²) in [7, 11) is 0. The van der Waals surface area contributed by atoms with Gasteiger partial charge in [-0.3, -0.25) is 43.2 Å². The predicted molar refractivity (Wildman–Crippen MR) is 185 cm³/mol. The van der Waals surface area contributed by atoms with Gasteiger partial charge in [0, 0.05) is 32.7 Å². The fourth-order valence-electron chi connectivity index (χ4n) is 4.98. The highest BCUT2D eigenvalue weighted by Gasteiger charge is 2.31. The molecule has 2 rings (SSSR count). The number of rotatable bonds is 9. The van der Waals surface area contributed by atoms with Crippen molar-refractivity contribution in [2.45, 2.75) is 89.0 Å². The Bertz CT molecular complexity index is 1520. The first-order valence-electron chi connectivity index (χ1n) is 16.9. The zero-order valence-corrected chi connectivity index (χ0v) is 29.5. The second kappa shape index (κ2) is 22.0. The van der Waals surface area contributed by atoms with Crippen LogP contribution in [0, 0.1) is 0 Å². The van der Waals surface area contributed by atoms with Gasteiger partial charge in [-0.25, -0.2) is 4.79 Å². The summed E-state index contributed by atoms with van der Waals surface area (Å²) in [4.78, 5) is 126. The number of nitrogens with one attached hydrogen (secondary N) is 8. The molecular formula is C33H47N9O11. The molecular weight excluding hydrogens is 698 g/mol. The van der Waals surface area contributed by atoms with Gasteiger partial charge in [-0.1, -0.05) is 30.3 Å². The number of primary amides is 1. The van der Waals surface area contributed by atoms with Crippen molar-refractivity contribution in [3.8, 4) is 0 Å². The van der Waals surface area contributed by atoms with Crippen LogP contribution in [-0.2, 0) is 54.4 Å². The molecule has 1 aromatic carbocycles. The SMILES string of the molecule is CC(=O)NCC(=O)NC1CCC(=O)NCCCC(C(=O)O)NC(=O)[C@H](C)NC(=O)CNC(=O)C(Cc2ccccc2)NC(=O)[C@H](CCC(N)=O)NC1=O. The molecule has 1 aliphatic rings. The minimum absolute atomic E-state index is 0.0181. The van der Waals surface area contributed by atoms with Gasteiger partial charge in [-0.05, 0) is 38.2 Å². The summed E-state index contributed by atoms with van der Waals surface area (Å²) in [6, 6.07) is 1.67. The highest BCUT2D eigenvalue weighted by atomic mass is 16.4. The van der Waals surface area contributed by atoms with Crippen LogP contribution in [0.2, 0.25) is 0 Å². The number of nitrogens with two attached hydrogens (primary N) is 1. The molecule has 3 unspecified atom stereocenters. The predicted octanol–water partition coefficient (Wildman–Crippen LogP) is -4.03. The van der Waals surface area contributed by atoms with Crippen LogP contribution in [-0.4, -0.2) is 114 Å². The van der Waals surface area contributed by atoms with Crippen LogP contribution < -0.4 is 48.3 Å². The van der Waals surface area contributed by atoms with Gasteiger partial charge in [0.2, 0.25) is 53.2 Å². The second-order valence-electron chi connectivity index (χ2n) is 12.3. The van der Waals surface area contributed by atoms with Crippen molar-refractivity contribution in [2.24, 2.45) is 5.73 Å². The molecule has 1 heterocycles. The number of aliphatic carboxylic acids is 1. The summed E-state index contributed by atoms with van der Waals surface area (Å²) in [5, 5.41) is 28.9. The highest BCUT2D eigenvalue weighted by Crippen LogP contribution is 2.08. The molecule has 1 fully saturated rings. The van der Waals surface area contributed by atoms with Crippen molar-refractivity contribution in [3.63, 3.8) is 0 Å². The zero-order chi connectivity index (χ0) is 39.5. The molecule has 20 heteroatoms. The molecule has 1 saturated heterocycles. The van der Waals surface area contributed by atoms with E-state index in [0.29, 0.717) is 5.56 Å². The lowest BCUT2D eigenvalue weighted by Gasteiger charge is -2.25. The molecule has 0 aromatic heterocycles. The molecule has 11 N–H and O–H groups in total. The van der Waals surface area contributed by atoms with Crippen molar-refractivity contribution in [1.82, 2.24) is 42.5 Å². The summed E-state index contributed by atoms with van der Waals surface area (Å²) in [6.45, 7) is 1.32. The topological polar surface area (TPSA) is 313 Å². The van der Waals surface area contributed by atoms with Gasteiger partial charge in [-0.15, -0.1) is 0 Å². The Morgan fingerprint density at radius 1 is 0.830 bits per heavy atom. The standard InChI is InChI=1S/C33H47N9O11/c1-18-29(48)41-23(33(52)53)9-6-14-35-26(45)13-11-21(39-28(47)16-36-19(2)43)31(50)40-22(10-12-25(34)44)32(51)42-24(15-20-7-4-3-5-8-20)30(49)37-17-27(46)38-18/h3-5,7-8,18,21-24H,6,9-17H2,1-2H3,(H2,34,44)(H,35,45)(H,36,43)(H,37,49)(H,38,46)(H,39,47)(H,40,50)(H,41,48)(H,42,51)(H,52,53)/t18-,21?,22-,23?,24?/m0/s1. The van der Waals surface area contributed by atoms with E-state index in [1.54, 1.807) is 30.3 Å². The van der Waals surface area contributed by atoms with Crippen LogP contribution in [0.3, 0.4) is 0 Å². The smallest absolute Gasteiger partial charge is 0.326 e. The number of carboxylic acid groups (broad SMARTS) is 1. The Kier molecular flexibility index (Phi) is 17.9. The van der Waals surface area contributed by atoms with E-state index in [1.165, 1.54) is 13.8 Å². The van der Waals surface area contributed by atoms with Crippen LogP contribution in [0.1, 0.15) is 57.9 Å². The number of hydrogen-bond acceptors (Lipinski definition) is 10.